The maximum Gasteiger partial charge on any atom is 0.317 e. The number of nitrogens with zero attached hydrogens (tertiary/aromatic N) is 2. The van der Waals surface area contributed by atoms with Crippen molar-refractivity contribution in [3.63, 3.8) is 0 Å². The van der Waals surface area contributed by atoms with Gasteiger partial charge in [-0.15, -0.1) is 0 Å². The summed E-state index contributed by atoms with van der Waals surface area (Å²) in [6.45, 7) is 6.29. The molecule has 0 aromatic heterocycles. The number of benzene rings is 1. The summed E-state index contributed by atoms with van der Waals surface area (Å²) < 4.78 is 5.88. The highest BCUT2D eigenvalue weighted by Crippen LogP contribution is 2.35. The number of carbonyl (C=O) groups is 1. The first-order valence-corrected chi connectivity index (χ1v) is 8.63. The second kappa shape index (κ2) is 5.41. The van der Waals surface area contributed by atoms with E-state index in [9.17, 15) is 4.79 Å². The molecule has 1 aliphatic carbocycles. The smallest absolute Gasteiger partial charge is 0.317 e. The molecule has 5 heteroatoms. The largest absolute Gasteiger partial charge is 0.494 e. The fourth-order valence-electron chi connectivity index (χ4n) is 4.22. The lowest BCUT2D eigenvalue weighted by Gasteiger charge is -2.50. The zero-order chi connectivity index (χ0) is 16.0. The van der Waals surface area contributed by atoms with Gasteiger partial charge in [-0.25, -0.2) is 4.79 Å². The Hall–Kier alpha value is -1.75. The third-order valence-corrected chi connectivity index (χ3v) is 5.59. The predicted molar refractivity (Wildman–Crippen MR) is 88.8 cm³/mol. The van der Waals surface area contributed by atoms with Gasteiger partial charge in [0.15, 0.2) is 0 Å². The van der Waals surface area contributed by atoms with Gasteiger partial charge in [0, 0.05) is 38.8 Å². The lowest BCUT2D eigenvalue weighted by Crippen LogP contribution is -2.68. The van der Waals surface area contributed by atoms with Crippen molar-refractivity contribution in [1.82, 2.24) is 15.1 Å². The van der Waals surface area contributed by atoms with E-state index < -0.39 is 0 Å². The number of nitrogens with one attached hydrogen (secondary N) is 1. The van der Waals surface area contributed by atoms with Crippen LogP contribution in [0.3, 0.4) is 0 Å². The average Bonchev–Trinajstić information content (AvgIpc) is 3.06. The Balaban J connectivity index is 1.49. The van der Waals surface area contributed by atoms with Crippen LogP contribution in [-0.2, 0) is 19.4 Å². The van der Waals surface area contributed by atoms with E-state index in [0.29, 0.717) is 6.61 Å². The molecule has 1 aromatic rings. The summed E-state index contributed by atoms with van der Waals surface area (Å²) in [6, 6.07) is 4.65. The summed E-state index contributed by atoms with van der Waals surface area (Å²) in [4.78, 5) is 16.0. The Kier molecular flexibility index (Phi) is 3.48. The molecule has 2 aliphatic heterocycles. The molecule has 5 nitrogen and oxygen atoms in total. The molecule has 3 aliphatic rings. The first kappa shape index (κ1) is 14.8. The molecular weight excluding hydrogens is 290 g/mol. The van der Waals surface area contributed by atoms with Gasteiger partial charge in [0.2, 0.25) is 0 Å². The van der Waals surface area contributed by atoms with E-state index in [1.54, 1.807) is 0 Å². The van der Waals surface area contributed by atoms with Gasteiger partial charge in [0.05, 0.1) is 12.1 Å². The number of aryl methyl sites for hydroxylation is 2. The van der Waals surface area contributed by atoms with Crippen molar-refractivity contribution in [2.45, 2.75) is 38.3 Å². The third kappa shape index (κ3) is 2.38. The molecule has 124 valence electrons. The average molecular weight is 315 g/mol. The number of fused-ring (bicyclic) bond motifs is 1. The number of carbonyl (C=O) groups excluding carboxylic acids is 1. The predicted octanol–water partition coefficient (Wildman–Crippen LogP) is 1.78. The molecule has 0 bridgehead atoms. The highest BCUT2D eigenvalue weighted by atomic mass is 16.5. The van der Waals surface area contributed by atoms with Crippen LogP contribution in [0.25, 0.3) is 0 Å². The van der Waals surface area contributed by atoms with Crippen LogP contribution in [0.2, 0.25) is 0 Å². The number of urea groups is 1. The maximum atomic E-state index is 11.7. The summed E-state index contributed by atoms with van der Waals surface area (Å²) in [5.74, 6) is 1.04. The van der Waals surface area contributed by atoms with E-state index in [0.717, 1.165) is 31.9 Å². The van der Waals surface area contributed by atoms with Crippen LogP contribution in [0.1, 0.15) is 30.0 Å². The molecule has 23 heavy (non-hydrogen) atoms. The molecule has 2 amide bonds. The molecule has 2 heterocycles. The number of likely N-dealkylation sites (N-methyl/N-ethyl adjacent to an activating group) is 1. The summed E-state index contributed by atoms with van der Waals surface area (Å²) in [6.07, 6.45) is 3.64. The summed E-state index contributed by atoms with van der Waals surface area (Å²) >= 11 is 0. The molecule has 1 N–H and O–H groups in total. The quantitative estimate of drug-likeness (QED) is 0.921. The van der Waals surface area contributed by atoms with Gasteiger partial charge >= 0.3 is 6.03 Å². The van der Waals surface area contributed by atoms with Gasteiger partial charge in [-0.1, -0.05) is 6.07 Å². The Morgan fingerprint density at radius 3 is 2.65 bits per heavy atom. The van der Waals surface area contributed by atoms with Crippen LogP contribution in [0.5, 0.6) is 5.75 Å². The maximum absolute atomic E-state index is 11.7. The van der Waals surface area contributed by atoms with Gasteiger partial charge < -0.3 is 15.0 Å². The van der Waals surface area contributed by atoms with Gasteiger partial charge in [0.25, 0.3) is 0 Å². The number of ether oxygens (including phenoxy) is 1. The lowest BCUT2D eigenvalue weighted by molar-refractivity contribution is -0.00153. The van der Waals surface area contributed by atoms with Crippen LogP contribution in [-0.4, -0.2) is 54.7 Å². The fourth-order valence-corrected chi connectivity index (χ4v) is 4.22. The van der Waals surface area contributed by atoms with Crippen LogP contribution >= 0.6 is 0 Å². The van der Waals surface area contributed by atoms with E-state index in [-0.39, 0.29) is 11.6 Å². The first-order chi connectivity index (χ1) is 11.1. The van der Waals surface area contributed by atoms with E-state index in [2.05, 4.69) is 22.3 Å². The highest BCUT2D eigenvalue weighted by molar-refractivity contribution is 5.78. The van der Waals surface area contributed by atoms with Crippen LogP contribution in [0.4, 0.5) is 4.79 Å². The van der Waals surface area contributed by atoms with Gasteiger partial charge in [-0.05, 0) is 43.4 Å². The number of rotatable bonds is 4. The number of hydrogen-bond acceptors (Lipinski definition) is 3. The molecule has 1 spiro atoms. The molecule has 0 radical (unpaired) electrons. The normalized spacial score (nSPS) is 22.2. The zero-order valence-corrected chi connectivity index (χ0v) is 14.0. The van der Waals surface area contributed by atoms with Crippen molar-refractivity contribution in [3.8, 4) is 5.75 Å². The highest BCUT2D eigenvalue weighted by Gasteiger charge is 2.51. The molecule has 0 unspecified atom stereocenters. The SMILES string of the molecule is CCOc1cc2c(cc1CN1CC3(CNC(=O)N3C)C1)CCC2. The van der Waals surface area contributed by atoms with Crippen LogP contribution in [0, 0.1) is 0 Å². The summed E-state index contributed by atoms with van der Waals surface area (Å²) in [5, 5.41) is 2.95. The number of hydrogen-bond donors (Lipinski definition) is 1. The minimum absolute atomic E-state index is 0.000409. The van der Waals surface area contributed by atoms with Crippen molar-refractivity contribution < 1.29 is 9.53 Å². The van der Waals surface area contributed by atoms with Gasteiger partial charge in [-0.3, -0.25) is 4.90 Å². The second-order valence-electron chi connectivity index (χ2n) is 7.10. The topological polar surface area (TPSA) is 44.8 Å². The van der Waals surface area contributed by atoms with Gasteiger partial charge in [0.1, 0.15) is 5.75 Å². The van der Waals surface area contributed by atoms with Crippen molar-refractivity contribution in [3.05, 3.63) is 28.8 Å². The van der Waals surface area contributed by atoms with Gasteiger partial charge in [-0.2, -0.15) is 0 Å². The van der Waals surface area contributed by atoms with Crippen molar-refractivity contribution in [2.75, 3.05) is 33.3 Å². The molecular formula is C18H25N3O2. The Labute approximate surface area is 137 Å². The summed E-state index contributed by atoms with van der Waals surface area (Å²) in [7, 11) is 1.90. The van der Waals surface area contributed by atoms with Crippen molar-refractivity contribution in [1.29, 1.82) is 0 Å². The Morgan fingerprint density at radius 2 is 2.00 bits per heavy atom. The Morgan fingerprint density at radius 1 is 1.26 bits per heavy atom. The second-order valence-corrected chi connectivity index (χ2v) is 7.10. The molecule has 4 rings (SSSR count). The first-order valence-electron chi connectivity index (χ1n) is 8.63. The van der Waals surface area contributed by atoms with E-state index in [1.165, 1.54) is 36.0 Å². The molecule has 1 aromatic carbocycles. The molecule has 2 saturated heterocycles. The minimum atomic E-state index is -0.000409. The molecule has 2 fully saturated rings. The third-order valence-electron chi connectivity index (χ3n) is 5.59. The number of likely N-dealkylation sites (tertiary alicyclic amines) is 1. The van der Waals surface area contributed by atoms with E-state index in [4.69, 9.17) is 4.74 Å². The van der Waals surface area contributed by atoms with Crippen molar-refractivity contribution >= 4 is 6.03 Å². The monoisotopic (exact) mass is 315 g/mol. The molecule has 0 atom stereocenters. The lowest BCUT2D eigenvalue weighted by atomic mass is 9.89. The van der Waals surface area contributed by atoms with E-state index >= 15 is 0 Å². The fraction of sp³-hybridized carbons (Fsp3) is 0.611. The number of amides is 2. The van der Waals surface area contributed by atoms with Crippen molar-refractivity contribution in [2.24, 2.45) is 0 Å². The van der Waals surface area contributed by atoms with E-state index in [1.807, 2.05) is 18.9 Å². The van der Waals surface area contributed by atoms with Crippen LogP contribution < -0.4 is 10.1 Å². The zero-order valence-electron chi connectivity index (χ0n) is 14.0. The summed E-state index contributed by atoms with van der Waals surface area (Å²) in [5.41, 5.74) is 4.25. The molecule has 0 saturated carbocycles. The Bertz CT molecular complexity index is 637. The standard InChI is InChI=1S/C18H25N3O2/c1-3-23-16-8-14-6-4-5-13(14)7-15(16)9-21-11-18(12-21)10-19-17(22)20(18)2/h7-8H,3-6,9-12H2,1-2H3,(H,19,22). The minimum Gasteiger partial charge on any atom is -0.494 e. The van der Waals surface area contributed by atoms with Crippen LogP contribution in [0.15, 0.2) is 12.1 Å².